The van der Waals surface area contributed by atoms with Gasteiger partial charge in [0.1, 0.15) is 6.54 Å². The minimum Gasteiger partial charge on any atom is -0.350 e. The van der Waals surface area contributed by atoms with E-state index in [-0.39, 0.29) is 18.0 Å². The van der Waals surface area contributed by atoms with Crippen LogP contribution in [0.5, 0.6) is 0 Å². The molecule has 6 heteroatoms. The first-order valence-corrected chi connectivity index (χ1v) is 8.10. The molecule has 0 aliphatic carbocycles. The molecule has 1 aromatic carbocycles. The van der Waals surface area contributed by atoms with Gasteiger partial charge in [0.25, 0.3) is 0 Å². The van der Waals surface area contributed by atoms with Crippen LogP contribution in [0.25, 0.3) is 0 Å². The third-order valence-corrected chi connectivity index (χ3v) is 3.70. The number of nitrogens with zero attached hydrogens (tertiary/aromatic N) is 2. The fourth-order valence-corrected chi connectivity index (χ4v) is 2.68. The molecule has 1 heterocycles. The molecule has 0 atom stereocenters. The number of amides is 3. The topological polar surface area (TPSA) is 69.7 Å². The van der Waals surface area contributed by atoms with E-state index in [2.05, 4.69) is 5.32 Å². The van der Waals surface area contributed by atoms with Gasteiger partial charge in [0, 0.05) is 25.2 Å². The number of rotatable bonds is 4. The molecule has 0 spiro atoms. The number of benzene rings is 1. The first-order valence-electron chi connectivity index (χ1n) is 8.10. The summed E-state index contributed by atoms with van der Waals surface area (Å²) in [6.45, 7) is 8.74. The molecular weight excluding hydrogens is 306 g/mol. The van der Waals surface area contributed by atoms with E-state index in [1.807, 2.05) is 52.0 Å². The van der Waals surface area contributed by atoms with Gasteiger partial charge in [0.05, 0.1) is 0 Å². The Bertz CT molecular complexity index is 649. The Kier molecular flexibility index (Phi) is 5.26. The summed E-state index contributed by atoms with van der Waals surface area (Å²) < 4.78 is 0. The number of nitrogens with one attached hydrogen (secondary N) is 1. The van der Waals surface area contributed by atoms with Crippen molar-refractivity contribution in [3.05, 3.63) is 35.4 Å². The summed E-state index contributed by atoms with van der Waals surface area (Å²) in [7, 11) is 0. The maximum atomic E-state index is 12.3. The van der Waals surface area contributed by atoms with Gasteiger partial charge < -0.3 is 15.1 Å². The summed E-state index contributed by atoms with van der Waals surface area (Å²) >= 11 is 0. The highest BCUT2D eigenvalue weighted by molar-refractivity contribution is 6.35. The number of piperazine rings is 1. The quantitative estimate of drug-likeness (QED) is 0.840. The maximum Gasteiger partial charge on any atom is 0.312 e. The standard InChI is InChI=1S/C18H25N3O3/c1-13-6-5-7-14(10-13)11-20-8-9-21(17(24)16(20)23)12-15(22)19-18(2,3)4/h5-7,10H,8-9,11-12H2,1-4H3,(H,19,22). The number of hydrogen-bond acceptors (Lipinski definition) is 3. The Morgan fingerprint density at radius 3 is 2.38 bits per heavy atom. The Morgan fingerprint density at radius 2 is 1.75 bits per heavy atom. The number of carbonyl (C=O) groups excluding carboxylic acids is 3. The van der Waals surface area contributed by atoms with Gasteiger partial charge >= 0.3 is 11.8 Å². The lowest BCUT2D eigenvalue weighted by atomic mass is 10.1. The van der Waals surface area contributed by atoms with Crippen molar-refractivity contribution in [1.82, 2.24) is 15.1 Å². The van der Waals surface area contributed by atoms with E-state index >= 15 is 0 Å². The molecular formula is C18H25N3O3. The molecule has 1 aliphatic rings. The van der Waals surface area contributed by atoms with Crippen molar-refractivity contribution >= 4 is 17.7 Å². The number of aryl methyl sites for hydroxylation is 1. The van der Waals surface area contributed by atoms with Crippen molar-refractivity contribution < 1.29 is 14.4 Å². The number of carbonyl (C=O) groups is 3. The summed E-state index contributed by atoms with van der Waals surface area (Å²) in [6.07, 6.45) is 0. The Labute approximate surface area is 142 Å². The monoisotopic (exact) mass is 331 g/mol. The highest BCUT2D eigenvalue weighted by Gasteiger charge is 2.33. The molecule has 1 N–H and O–H groups in total. The maximum absolute atomic E-state index is 12.3. The van der Waals surface area contributed by atoms with E-state index in [1.54, 1.807) is 0 Å². The van der Waals surface area contributed by atoms with Crippen LogP contribution in [0.15, 0.2) is 24.3 Å². The molecule has 0 saturated carbocycles. The first-order chi connectivity index (χ1) is 11.2. The number of hydrogen-bond donors (Lipinski definition) is 1. The lowest BCUT2D eigenvalue weighted by Crippen LogP contribution is -2.57. The second-order valence-electron chi connectivity index (χ2n) is 7.24. The molecule has 24 heavy (non-hydrogen) atoms. The van der Waals surface area contributed by atoms with Crippen molar-refractivity contribution in [3.8, 4) is 0 Å². The van der Waals surface area contributed by atoms with Gasteiger partial charge in [-0.05, 0) is 33.3 Å². The van der Waals surface area contributed by atoms with Gasteiger partial charge in [-0.2, -0.15) is 0 Å². The van der Waals surface area contributed by atoms with Gasteiger partial charge in [0.15, 0.2) is 0 Å². The van der Waals surface area contributed by atoms with Gasteiger partial charge in [-0.25, -0.2) is 0 Å². The fourth-order valence-electron chi connectivity index (χ4n) is 2.68. The summed E-state index contributed by atoms with van der Waals surface area (Å²) in [5.41, 5.74) is 1.75. The summed E-state index contributed by atoms with van der Waals surface area (Å²) in [4.78, 5) is 39.4. The second kappa shape index (κ2) is 7.03. The zero-order valence-electron chi connectivity index (χ0n) is 14.8. The van der Waals surface area contributed by atoms with Crippen molar-refractivity contribution in [2.75, 3.05) is 19.6 Å². The fraction of sp³-hybridized carbons (Fsp3) is 0.500. The molecule has 3 amide bonds. The largest absolute Gasteiger partial charge is 0.350 e. The van der Waals surface area contributed by atoms with Crippen LogP contribution in [-0.4, -0.2) is 52.7 Å². The lowest BCUT2D eigenvalue weighted by Gasteiger charge is -2.34. The Morgan fingerprint density at radius 1 is 1.12 bits per heavy atom. The smallest absolute Gasteiger partial charge is 0.312 e. The Hall–Kier alpha value is -2.37. The van der Waals surface area contributed by atoms with E-state index in [9.17, 15) is 14.4 Å². The third-order valence-electron chi connectivity index (χ3n) is 3.70. The predicted molar refractivity (Wildman–Crippen MR) is 91.1 cm³/mol. The van der Waals surface area contributed by atoms with Gasteiger partial charge in [0.2, 0.25) is 5.91 Å². The normalized spacial score (nSPS) is 15.7. The zero-order chi connectivity index (χ0) is 17.9. The summed E-state index contributed by atoms with van der Waals surface area (Å²) in [5, 5.41) is 2.80. The minimum atomic E-state index is -0.613. The predicted octanol–water partition coefficient (Wildman–Crippen LogP) is 1.08. The van der Waals surface area contributed by atoms with E-state index < -0.39 is 11.8 Å². The molecule has 0 aromatic heterocycles. The SMILES string of the molecule is Cc1cccc(CN2CCN(CC(=O)NC(C)(C)C)C(=O)C2=O)c1. The van der Waals surface area contributed by atoms with E-state index in [0.717, 1.165) is 11.1 Å². The van der Waals surface area contributed by atoms with Crippen LogP contribution in [-0.2, 0) is 20.9 Å². The van der Waals surface area contributed by atoms with E-state index in [0.29, 0.717) is 19.6 Å². The van der Waals surface area contributed by atoms with Gasteiger partial charge in [-0.1, -0.05) is 29.8 Å². The van der Waals surface area contributed by atoms with Crippen LogP contribution in [0.1, 0.15) is 31.9 Å². The lowest BCUT2D eigenvalue weighted by molar-refractivity contribution is -0.157. The highest BCUT2D eigenvalue weighted by Crippen LogP contribution is 2.12. The second-order valence-corrected chi connectivity index (χ2v) is 7.24. The van der Waals surface area contributed by atoms with Crippen molar-refractivity contribution in [3.63, 3.8) is 0 Å². The van der Waals surface area contributed by atoms with Crippen molar-refractivity contribution in [2.45, 2.75) is 39.8 Å². The average molecular weight is 331 g/mol. The molecule has 2 rings (SSSR count). The third kappa shape index (κ3) is 4.81. The van der Waals surface area contributed by atoms with Crippen LogP contribution < -0.4 is 5.32 Å². The van der Waals surface area contributed by atoms with Crippen LogP contribution >= 0.6 is 0 Å². The van der Waals surface area contributed by atoms with Crippen LogP contribution in [0.3, 0.4) is 0 Å². The molecule has 0 bridgehead atoms. The molecule has 130 valence electrons. The summed E-state index contributed by atoms with van der Waals surface area (Å²) in [5.74, 6) is -1.42. The average Bonchev–Trinajstić information content (AvgIpc) is 2.45. The molecule has 1 aliphatic heterocycles. The van der Waals surface area contributed by atoms with Crippen molar-refractivity contribution in [1.29, 1.82) is 0 Å². The molecule has 0 radical (unpaired) electrons. The van der Waals surface area contributed by atoms with Gasteiger partial charge in [-0.15, -0.1) is 0 Å². The molecule has 6 nitrogen and oxygen atoms in total. The zero-order valence-corrected chi connectivity index (χ0v) is 14.8. The highest BCUT2D eigenvalue weighted by atomic mass is 16.2. The molecule has 1 fully saturated rings. The molecule has 1 aromatic rings. The van der Waals surface area contributed by atoms with Crippen LogP contribution in [0.2, 0.25) is 0 Å². The minimum absolute atomic E-state index is 0.0832. The van der Waals surface area contributed by atoms with Crippen molar-refractivity contribution in [2.24, 2.45) is 0 Å². The Balaban J connectivity index is 1.96. The first kappa shape index (κ1) is 18.0. The molecule has 0 unspecified atom stereocenters. The summed E-state index contributed by atoms with van der Waals surface area (Å²) in [6, 6.07) is 7.86. The molecule has 1 saturated heterocycles. The van der Waals surface area contributed by atoms with E-state index in [1.165, 1.54) is 9.80 Å². The van der Waals surface area contributed by atoms with Crippen LogP contribution in [0, 0.1) is 6.92 Å². The van der Waals surface area contributed by atoms with Crippen LogP contribution in [0.4, 0.5) is 0 Å². The van der Waals surface area contributed by atoms with Gasteiger partial charge in [-0.3, -0.25) is 14.4 Å². The van der Waals surface area contributed by atoms with E-state index in [4.69, 9.17) is 0 Å².